The molecule has 8 aromatic rings. The molecule has 290 valence electrons. The Hall–Kier alpha value is -6.33. The van der Waals surface area contributed by atoms with Crippen molar-refractivity contribution in [1.29, 1.82) is 0 Å². The Balaban J connectivity index is 1.08. The standard InChI is InChI=1S/C53H52N4O/c1-51(2,3)37-24-27-47-49(31-37)56(35-55(47)40-19-14-18-39(30-40)53(7,8)36-16-10-9-11-17-36)41-20-15-21-42(33-41)58-43-25-26-45-44-22-12-13-23-46(44)57(48(45)34-43)50-32-38(28-29-54-50)52(4,5)6/h9-34H,35H2,1-8H3. The smallest absolute Gasteiger partial charge is 0.137 e. The summed E-state index contributed by atoms with van der Waals surface area (Å²) >= 11 is 0. The summed E-state index contributed by atoms with van der Waals surface area (Å²) in [6.45, 7) is 18.9. The highest BCUT2D eigenvalue weighted by Gasteiger charge is 2.31. The molecule has 2 aromatic heterocycles. The molecule has 0 saturated heterocycles. The van der Waals surface area contributed by atoms with Gasteiger partial charge in [0.05, 0.1) is 22.4 Å². The number of anilines is 4. The van der Waals surface area contributed by atoms with E-state index in [0.29, 0.717) is 6.67 Å². The van der Waals surface area contributed by atoms with Crippen molar-refractivity contribution in [2.45, 2.75) is 71.6 Å². The number of hydrogen-bond acceptors (Lipinski definition) is 4. The monoisotopic (exact) mass is 760 g/mol. The number of nitrogens with zero attached hydrogens (tertiary/aromatic N) is 4. The predicted molar refractivity (Wildman–Crippen MR) is 243 cm³/mol. The molecule has 9 rings (SSSR count). The fourth-order valence-electron chi connectivity index (χ4n) is 8.37. The van der Waals surface area contributed by atoms with Crippen LogP contribution in [0.25, 0.3) is 27.6 Å². The largest absolute Gasteiger partial charge is 0.457 e. The Labute approximate surface area is 343 Å². The summed E-state index contributed by atoms with van der Waals surface area (Å²) < 4.78 is 9.02. The van der Waals surface area contributed by atoms with E-state index in [2.05, 4.69) is 215 Å². The minimum Gasteiger partial charge on any atom is -0.457 e. The average Bonchev–Trinajstić information content (AvgIpc) is 3.76. The van der Waals surface area contributed by atoms with Crippen LogP contribution < -0.4 is 14.5 Å². The average molecular weight is 761 g/mol. The minimum absolute atomic E-state index is 0.000256. The number of rotatable bonds is 7. The van der Waals surface area contributed by atoms with E-state index in [1.54, 1.807) is 0 Å². The fraction of sp³-hybridized carbons (Fsp3) is 0.226. The lowest BCUT2D eigenvalue weighted by molar-refractivity contribution is 0.483. The maximum absolute atomic E-state index is 6.75. The highest BCUT2D eigenvalue weighted by molar-refractivity contribution is 6.09. The van der Waals surface area contributed by atoms with E-state index in [9.17, 15) is 0 Å². The summed E-state index contributed by atoms with van der Waals surface area (Å²) in [6.07, 6.45) is 1.92. The summed E-state index contributed by atoms with van der Waals surface area (Å²) in [5.74, 6) is 2.46. The van der Waals surface area contributed by atoms with Gasteiger partial charge < -0.3 is 14.5 Å². The summed E-state index contributed by atoms with van der Waals surface area (Å²) in [6, 6.07) is 54.6. The van der Waals surface area contributed by atoms with E-state index >= 15 is 0 Å². The third-order valence-electron chi connectivity index (χ3n) is 11.9. The van der Waals surface area contributed by atoms with Crippen molar-refractivity contribution in [2.75, 3.05) is 16.5 Å². The molecule has 1 aliphatic rings. The summed E-state index contributed by atoms with van der Waals surface area (Å²) in [7, 11) is 0. The molecule has 0 bridgehead atoms. The first-order chi connectivity index (χ1) is 27.8. The van der Waals surface area contributed by atoms with Gasteiger partial charge in [-0.05, 0) is 99.8 Å². The van der Waals surface area contributed by atoms with Gasteiger partial charge in [-0.1, -0.05) is 128 Å². The Bertz CT molecular complexity index is 2800. The Morgan fingerprint density at radius 3 is 1.88 bits per heavy atom. The van der Waals surface area contributed by atoms with Crippen LogP contribution in [0, 0.1) is 0 Å². The minimum atomic E-state index is -0.147. The van der Waals surface area contributed by atoms with Crippen LogP contribution in [0.4, 0.5) is 22.7 Å². The van der Waals surface area contributed by atoms with Crippen LogP contribution in [-0.2, 0) is 16.2 Å². The summed E-state index contributed by atoms with van der Waals surface area (Å²) in [5, 5.41) is 2.36. The van der Waals surface area contributed by atoms with Crippen LogP contribution in [0.5, 0.6) is 11.5 Å². The lowest BCUT2D eigenvalue weighted by atomic mass is 9.78. The zero-order valence-electron chi connectivity index (χ0n) is 34.9. The van der Waals surface area contributed by atoms with Crippen LogP contribution >= 0.6 is 0 Å². The van der Waals surface area contributed by atoms with Gasteiger partial charge in [0.25, 0.3) is 0 Å². The van der Waals surface area contributed by atoms with Gasteiger partial charge in [-0.3, -0.25) is 4.57 Å². The van der Waals surface area contributed by atoms with Crippen LogP contribution in [0.3, 0.4) is 0 Å². The van der Waals surface area contributed by atoms with E-state index in [4.69, 9.17) is 9.72 Å². The van der Waals surface area contributed by atoms with Gasteiger partial charge in [-0.25, -0.2) is 4.98 Å². The van der Waals surface area contributed by atoms with Crippen LogP contribution in [0.15, 0.2) is 158 Å². The highest BCUT2D eigenvalue weighted by atomic mass is 16.5. The van der Waals surface area contributed by atoms with Crippen molar-refractivity contribution in [1.82, 2.24) is 9.55 Å². The Morgan fingerprint density at radius 1 is 0.466 bits per heavy atom. The molecule has 0 saturated carbocycles. The predicted octanol–water partition coefficient (Wildman–Crippen LogP) is 14.1. The number of hydrogen-bond donors (Lipinski definition) is 0. The molecule has 6 aromatic carbocycles. The van der Waals surface area contributed by atoms with Gasteiger partial charge >= 0.3 is 0 Å². The van der Waals surface area contributed by atoms with Crippen LogP contribution in [0.1, 0.15) is 77.6 Å². The van der Waals surface area contributed by atoms with E-state index < -0.39 is 0 Å². The Kier molecular flexibility index (Phi) is 8.96. The van der Waals surface area contributed by atoms with Crippen molar-refractivity contribution < 1.29 is 4.74 Å². The van der Waals surface area contributed by atoms with E-state index in [1.807, 2.05) is 12.3 Å². The third-order valence-corrected chi connectivity index (χ3v) is 11.9. The molecular weight excluding hydrogens is 709 g/mol. The molecule has 0 radical (unpaired) electrons. The lowest BCUT2D eigenvalue weighted by Gasteiger charge is -2.28. The van der Waals surface area contributed by atoms with Gasteiger partial charge in [0.15, 0.2) is 0 Å². The zero-order valence-corrected chi connectivity index (χ0v) is 34.9. The second kappa shape index (κ2) is 13.9. The molecule has 0 N–H and O–H groups in total. The fourth-order valence-corrected chi connectivity index (χ4v) is 8.37. The van der Waals surface area contributed by atoms with E-state index in [-0.39, 0.29) is 16.2 Å². The second-order valence-corrected chi connectivity index (χ2v) is 18.3. The normalized spacial score (nSPS) is 13.4. The molecule has 0 unspecified atom stereocenters. The van der Waals surface area contributed by atoms with Crippen molar-refractivity contribution in [3.05, 3.63) is 180 Å². The SMILES string of the molecule is CC(C)(C)c1ccnc(-n2c3ccccc3c3ccc(Oc4cccc(N5CN(c6cccc(C(C)(C)c7ccccc7)c6)c6ccc(C(C)(C)C)cc65)c4)cc32)c1. The molecule has 0 amide bonds. The molecule has 3 heterocycles. The highest BCUT2D eigenvalue weighted by Crippen LogP contribution is 2.47. The van der Waals surface area contributed by atoms with Gasteiger partial charge in [0.2, 0.25) is 0 Å². The molecule has 0 aliphatic carbocycles. The molecule has 58 heavy (non-hydrogen) atoms. The summed E-state index contributed by atoms with van der Waals surface area (Å²) in [4.78, 5) is 9.73. The topological polar surface area (TPSA) is 33.5 Å². The number of benzene rings is 6. The van der Waals surface area contributed by atoms with Crippen molar-refractivity contribution in [3.63, 3.8) is 0 Å². The first-order valence-corrected chi connectivity index (χ1v) is 20.4. The Morgan fingerprint density at radius 2 is 1.10 bits per heavy atom. The molecule has 0 spiro atoms. The number of para-hydroxylation sites is 1. The number of fused-ring (bicyclic) bond motifs is 4. The van der Waals surface area contributed by atoms with E-state index in [0.717, 1.165) is 34.0 Å². The third kappa shape index (κ3) is 6.68. The van der Waals surface area contributed by atoms with Crippen molar-refractivity contribution in [2.24, 2.45) is 0 Å². The molecule has 5 heteroatoms. The van der Waals surface area contributed by atoms with E-state index in [1.165, 1.54) is 50.1 Å². The maximum Gasteiger partial charge on any atom is 0.137 e. The molecule has 5 nitrogen and oxygen atoms in total. The van der Waals surface area contributed by atoms with Crippen LogP contribution in [0.2, 0.25) is 0 Å². The summed E-state index contributed by atoms with van der Waals surface area (Å²) in [5.41, 5.74) is 11.8. The van der Waals surface area contributed by atoms with Crippen molar-refractivity contribution >= 4 is 44.6 Å². The van der Waals surface area contributed by atoms with Crippen LogP contribution in [-0.4, -0.2) is 16.2 Å². The first-order valence-electron chi connectivity index (χ1n) is 20.4. The quantitative estimate of drug-likeness (QED) is 0.162. The van der Waals surface area contributed by atoms with Gasteiger partial charge in [-0.15, -0.1) is 0 Å². The van der Waals surface area contributed by atoms with Crippen molar-refractivity contribution in [3.8, 4) is 17.3 Å². The number of pyridine rings is 1. The second-order valence-electron chi connectivity index (χ2n) is 18.3. The molecule has 1 aliphatic heterocycles. The van der Waals surface area contributed by atoms with Gasteiger partial charge in [0.1, 0.15) is 24.0 Å². The molecular formula is C53H52N4O. The lowest BCUT2D eigenvalue weighted by Crippen LogP contribution is -2.25. The van der Waals surface area contributed by atoms with Gasteiger partial charge in [-0.2, -0.15) is 0 Å². The number of ether oxygens (including phenoxy) is 1. The maximum atomic E-state index is 6.75. The molecule has 0 fully saturated rings. The zero-order chi connectivity index (χ0) is 40.4. The van der Waals surface area contributed by atoms with Gasteiger partial charge in [0, 0.05) is 45.9 Å². The first kappa shape index (κ1) is 37.3. The number of aromatic nitrogens is 2. The molecule has 0 atom stereocenters.